The summed E-state index contributed by atoms with van der Waals surface area (Å²) in [7, 11) is 1.65. The zero-order valence-corrected chi connectivity index (χ0v) is 10.2. The maximum absolute atomic E-state index is 10.6. The zero-order valence-electron chi connectivity index (χ0n) is 10.2. The summed E-state index contributed by atoms with van der Waals surface area (Å²) >= 11 is 0. The molecular weight excluding hydrogens is 226 g/mol. The molecule has 0 saturated heterocycles. The van der Waals surface area contributed by atoms with Crippen LogP contribution in [0.4, 0.5) is 0 Å². The van der Waals surface area contributed by atoms with Gasteiger partial charge in [-0.15, -0.1) is 0 Å². The second kappa shape index (κ2) is 5.36. The van der Waals surface area contributed by atoms with E-state index in [4.69, 9.17) is 10.5 Å². The van der Waals surface area contributed by atoms with Crippen LogP contribution >= 0.6 is 0 Å². The summed E-state index contributed by atoms with van der Waals surface area (Å²) in [5.74, 6) is 0.524. The average Bonchev–Trinajstić information content (AvgIpc) is 2.37. The van der Waals surface area contributed by atoms with Crippen LogP contribution in [0.2, 0.25) is 0 Å². The summed E-state index contributed by atoms with van der Waals surface area (Å²) < 4.78 is 5.18. The number of amides is 1. The molecule has 0 aromatic heterocycles. The number of carbonyl (C=O) groups excluding carboxylic acids is 1. The molecule has 2 aromatic carbocycles. The third-order valence-electron chi connectivity index (χ3n) is 2.70. The fourth-order valence-corrected chi connectivity index (χ4v) is 1.78. The van der Waals surface area contributed by atoms with E-state index in [0.29, 0.717) is 0 Å². The van der Waals surface area contributed by atoms with Crippen LogP contribution < -0.4 is 10.5 Å². The molecular formula is C15H15NO2. The molecule has 0 aliphatic rings. The fraction of sp³-hybridized carbons (Fsp3) is 0.133. The Hall–Kier alpha value is -2.29. The Labute approximate surface area is 106 Å². The third-order valence-corrected chi connectivity index (χ3v) is 2.70. The van der Waals surface area contributed by atoms with E-state index in [1.165, 1.54) is 0 Å². The molecule has 0 heterocycles. The van der Waals surface area contributed by atoms with Crippen molar-refractivity contribution in [3.05, 3.63) is 48.0 Å². The lowest BCUT2D eigenvalue weighted by molar-refractivity contribution is -0.117. The predicted molar refractivity (Wildman–Crippen MR) is 73.3 cm³/mol. The number of fused-ring (bicyclic) bond motifs is 1. The van der Waals surface area contributed by atoms with Gasteiger partial charge in [-0.2, -0.15) is 0 Å². The van der Waals surface area contributed by atoms with Crippen LogP contribution in [0.5, 0.6) is 5.75 Å². The van der Waals surface area contributed by atoms with Gasteiger partial charge < -0.3 is 10.5 Å². The Morgan fingerprint density at radius 1 is 1.22 bits per heavy atom. The van der Waals surface area contributed by atoms with Crippen molar-refractivity contribution < 1.29 is 9.53 Å². The highest BCUT2D eigenvalue weighted by Crippen LogP contribution is 2.22. The maximum atomic E-state index is 10.6. The number of benzene rings is 2. The Kier molecular flexibility index (Phi) is 3.63. The monoisotopic (exact) mass is 241 g/mol. The van der Waals surface area contributed by atoms with E-state index >= 15 is 0 Å². The van der Waals surface area contributed by atoms with Gasteiger partial charge in [0.2, 0.25) is 5.91 Å². The summed E-state index contributed by atoms with van der Waals surface area (Å²) in [6.07, 6.45) is 3.93. The quantitative estimate of drug-likeness (QED) is 0.894. The summed E-state index contributed by atoms with van der Waals surface area (Å²) in [5, 5.41) is 2.26. The minimum absolute atomic E-state index is 0.265. The summed E-state index contributed by atoms with van der Waals surface area (Å²) in [4.78, 5) is 10.6. The highest BCUT2D eigenvalue weighted by molar-refractivity contribution is 5.86. The normalized spacial score (nSPS) is 10.9. The second-order valence-electron chi connectivity index (χ2n) is 4.05. The number of nitrogens with two attached hydrogens (primary N) is 1. The molecule has 0 bridgehead atoms. The molecule has 0 atom stereocenters. The third kappa shape index (κ3) is 2.88. The first-order chi connectivity index (χ1) is 8.69. The van der Waals surface area contributed by atoms with E-state index < -0.39 is 0 Å². The lowest BCUT2D eigenvalue weighted by Crippen LogP contribution is -2.07. The van der Waals surface area contributed by atoms with Gasteiger partial charge in [-0.25, -0.2) is 0 Å². The molecule has 3 heteroatoms. The molecule has 18 heavy (non-hydrogen) atoms. The molecule has 0 aliphatic carbocycles. The van der Waals surface area contributed by atoms with Gasteiger partial charge in [0.1, 0.15) is 5.75 Å². The highest BCUT2D eigenvalue weighted by atomic mass is 16.5. The van der Waals surface area contributed by atoms with E-state index in [9.17, 15) is 4.79 Å². The largest absolute Gasteiger partial charge is 0.497 e. The van der Waals surface area contributed by atoms with E-state index in [1.54, 1.807) is 13.2 Å². The zero-order chi connectivity index (χ0) is 13.0. The maximum Gasteiger partial charge on any atom is 0.221 e. The van der Waals surface area contributed by atoms with Gasteiger partial charge in [0, 0.05) is 6.42 Å². The topological polar surface area (TPSA) is 52.3 Å². The van der Waals surface area contributed by atoms with Gasteiger partial charge in [-0.1, -0.05) is 30.4 Å². The van der Waals surface area contributed by atoms with E-state index in [0.717, 1.165) is 22.1 Å². The van der Waals surface area contributed by atoms with Crippen LogP contribution in [-0.4, -0.2) is 13.0 Å². The van der Waals surface area contributed by atoms with Crippen molar-refractivity contribution in [3.8, 4) is 5.75 Å². The van der Waals surface area contributed by atoms with Crippen molar-refractivity contribution >= 4 is 22.8 Å². The fourth-order valence-electron chi connectivity index (χ4n) is 1.78. The highest BCUT2D eigenvalue weighted by Gasteiger charge is 1.97. The van der Waals surface area contributed by atoms with Crippen LogP contribution in [0.15, 0.2) is 42.5 Å². The molecule has 0 spiro atoms. The molecule has 0 radical (unpaired) electrons. The minimum atomic E-state index is -0.322. The predicted octanol–water partition coefficient (Wildman–Crippen LogP) is 2.74. The van der Waals surface area contributed by atoms with Crippen molar-refractivity contribution in [2.45, 2.75) is 6.42 Å². The van der Waals surface area contributed by atoms with Gasteiger partial charge in [0.05, 0.1) is 7.11 Å². The molecule has 2 N–H and O–H groups in total. The molecule has 2 rings (SSSR count). The number of ether oxygens (including phenoxy) is 1. The minimum Gasteiger partial charge on any atom is -0.497 e. The van der Waals surface area contributed by atoms with Crippen molar-refractivity contribution in [3.63, 3.8) is 0 Å². The molecule has 0 aliphatic heterocycles. The summed E-state index contributed by atoms with van der Waals surface area (Å²) in [6, 6.07) is 12.0. The molecule has 1 amide bonds. The molecule has 2 aromatic rings. The Bertz CT molecular complexity index is 602. The molecule has 3 nitrogen and oxygen atoms in total. The number of rotatable bonds is 4. The van der Waals surface area contributed by atoms with Gasteiger partial charge in [0.25, 0.3) is 0 Å². The van der Waals surface area contributed by atoms with Crippen LogP contribution in [0.25, 0.3) is 16.8 Å². The molecule has 92 valence electrons. The second-order valence-corrected chi connectivity index (χ2v) is 4.05. The smallest absolute Gasteiger partial charge is 0.221 e. The first-order valence-electron chi connectivity index (χ1n) is 5.72. The van der Waals surface area contributed by atoms with Crippen molar-refractivity contribution in [2.24, 2.45) is 5.73 Å². The summed E-state index contributed by atoms with van der Waals surface area (Å²) in [6.45, 7) is 0. The van der Waals surface area contributed by atoms with Crippen molar-refractivity contribution in [2.75, 3.05) is 7.11 Å². The average molecular weight is 241 g/mol. The number of carbonyl (C=O) groups is 1. The Morgan fingerprint density at radius 3 is 2.67 bits per heavy atom. The standard InChI is InChI=1S/C15H15NO2/c1-18-14-8-7-12-9-11(3-2-4-15(16)17)5-6-13(12)10-14/h2-3,5-10H,4H2,1H3,(H2,16,17). The van der Waals surface area contributed by atoms with Crippen LogP contribution in [0, 0.1) is 0 Å². The molecule has 0 fully saturated rings. The van der Waals surface area contributed by atoms with E-state index in [1.807, 2.05) is 36.4 Å². The van der Waals surface area contributed by atoms with E-state index in [-0.39, 0.29) is 12.3 Å². The van der Waals surface area contributed by atoms with Crippen molar-refractivity contribution in [1.82, 2.24) is 0 Å². The summed E-state index contributed by atoms with van der Waals surface area (Å²) in [5.41, 5.74) is 6.12. The van der Waals surface area contributed by atoms with Crippen LogP contribution in [-0.2, 0) is 4.79 Å². The molecule has 0 unspecified atom stereocenters. The van der Waals surface area contributed by atoms with Gasteiger partial charge in [0.15, 0.2) is 0 Å². The van der Waals surface area contributed by atoms with E-state index in [2.05, 4.69) is 6.07 Å². The van der Waals surface area contributed by atoms with Gasteiger partial charge in [-0.05, 0) is 34.5 Å². The number of primary amides is 1. The number of hydrogen-bond donors (Lipinski definition) is 1. The first kappa shape index (κ1) is 12.2. The first-order valence-corrected chi connectivity index (χ1v) is 5.72. The van der Waals surface area contributed by atoms with Crippen LogP contribution in [0.1, 0.15) is 12.0 Å². The number of methoxy groups -OCH3 is 1. The molecule has 0 saturated carbocycles. The SMILES string of the molecule is COc1ccc2cc(C=CCC(N)=O)ccc2c1. The van der Waals surface area contributed by atoms with Crippen molar-refractivity contribution in [1.29, 1.82) is 0 Å². The number of hydrogen-bond acceptors (Lipinski definition) is 2. The lowest BCUT2D eigenvalue weighted by atomic mass is 10.1. The Morgan fingerprint density at radius 2 is 1.94 bits per heavy atom. The van der Waals surface area contributed by atoms with Crippen LogP contribution in [0.3, 0.4) is 0 Å². The van der Waals surface area contributed by atoms with Gasteiger partial charge in [-0.3, -0.25) is 4.79 Å². The van der Waals surface area contributed by atoms with Gasteiger partial charge >= 0.3 is 0 Å². The lowest BCUT2D eigenvalue weighted by Gasteiger charge is -2.03. The Balaban J connectivity index is 2.27.